The smallest absolute Gasteiger partial charge is 0.254 e. The number of amides is 2. The highest BCUT2D eigenvalue weighted by atomic mass is 19.2. The van der Waals surface area contributed by atoms with Crippen LogP contribution < -0.4 is 5.32 Å². The average Bonchev–Trinajstić information content (AvgIpc) is 3.64. The number of carbonyl (C=O) groups is 2. The van der Waals surface area contributed by atoms with E-state index in [2.05, 4.69) is 10.3 Å². The molecule has 3 heterocycles. The van der Waals surface area contributed by atoms with E-state index < -0.39 is 40.6 Å². The number of hydrogen-bond donors (Lipinski definition) is 1. The number of halogens is 3. The number of imidazole rings is 1. The Morgan fingerprint density at radius 1 is 1.20 bits per heavy atom. The highest BCUT2D eigenvalue weighted by molar-refractivity contribution is 5.95. The number of nitrogens with one attached hydrogen (secondary N) is 1. The number of ether oxygens (including phenoxy) is 1. The van der Waals surface area contributed by atoms with Crippen LogP contribution in [0.3, 0.4) is 0 Å². The van der Waals surface area contributed by atoms with Gasteiger partial charge >= 0.3 is 0 Å². The van der Waals surface area contributed by atoms with Gasteiger partial charge in [-0.1, -0.05) is 0 Å². The van der Waals surface area contributed by atoms with Gasteiger partial charge in [0.1, 0.15) is 11.5 Å². The lowest BCUT2D eigenvalue weighted by Gasteiger charge is -2.33. The molecule has 0 spiro atoms. The van der Waals surface area contributed by atoms with Crippen molar-refractivity contribution in [3.63, 3.8) is 0 Å². The number of hydrogen-bond acceptors (Lipinski definition) is 4. The predicted octanol–water partition coefficient (Wildman–Crippen LogP) is 3.27. The van der Waals surface area contributed by atoms with Crippen LogP contribution in [0.4, 0.5) is 13.2 Å². The second-order valence-electron chi connectivity index (χ2n) is 9.08. The predicted molar refractivity (Wildman–Crippen MR) is 121 cm³/mol. The van der Waals surface area contributed by atoms with E-state index in [-0.39, 0.29) is 23.9 Å². The molecule has 0 radical (unpaired) electrons. The van der Waals surface area contributed by atoms with Gasteiger partial charge in [0.05, 0.1) is 35.2 Å². The molecular weight excluding hydrogens is 461 g/mol. The molecule has 5 rings (SSSR count). The van der Waals surface area contributed by atoms with Crippen LogP contribution in [0.25, 0.3) is 16.9 Å². The quantitative estimate of drug-likeness (QED) is 0.562. The van der Waals surface area contributed by atoms with Crippen LogP contribution in [0.2, 0.25) is 0 Å². The number of aromatic nitrogens is 2. The normalized spacial score (nSPS) is 18.2. The Labute approximate surface area is 199 Å². The molecule has 0 bridgehead atoms. The summed E-state index contributed by atoms with van der Waals surface area (Å²) >= 11 is 0. The van der Waals surface area contributed by atoms with Gasteiger partial charge in [0.15, 0.2) is 11.6 Å². The second kappa shape index (κ2) is 8.99. The summed E-state index contributed by atoms with van der Waals surface area (Å²) in [5.74, 6) is -4.79. The summed E-state index contributed by atoms with van der Waals surface area (Å²) in [5, 5.41) is 2.17. The standard InChI is InChI=1S/C25H25F3N4O3/c1-13-5-6-32-18(10-15-12-31(7-8-35-15)25(34)14-3-4-14)23(30-19(32)9-13)20-17(26)11-16(24(33)29-2)21(27)22(20)28/h5-6,9,11,14-15H,3-4,7-8,10,12H2,1-2H3,(H,29,33)/t15-/m0/s1. The van der Waals surface area contributed by atoms with Crippen LogP contribution in [0.1, 0.15) is 34.5 Å². The molecule has 2 aliphatic rings. The fourth-order valence-corrected chi connectivity index (χ4v) is 4.55. The Balaban J connectivity index is 1.58. The molecule has 3 aromatic rings. The lowest BCUT2D eigenvalue weighted by molar-refractivity contribution is -0.140. The van der Waals surface area contributed by atoms with Gasteiger partial charge in [-0.3, -0.25) is 9.59 Å². The van der Waals surface area contributed by atoms with Crippen molar-refractivity contribution in [2.75, 3.05) is 26.7 Å². The van der Waals surface area contributed by atoms with Gasteiger partial charge in [0, 0.05) is 38.7 Å². The Kier molecular flexibility index (Phi) is 6.00. The third-order valence-electron chi connectivity index (χ3n) is 6.55. The molecule has 1 atom stereocenters. The summed E-state index contributed by atoms with van der Waals surface area (Å²) in [7, 11) is 1.25. The Morgan fingerprint density at radius 2 is 1.97 bits per heavy atom. The maximum absolute atomic E-state index is 15.2. The Hall–Kier alpha value is -3.40. The third-order valence-corrected chi connectivity index (χ3v) is 6.55. The van der Waals surface area contributed by atoms with Crippen LogP contribution in [-0.2, 0) is 16.0 Å². The van der Waals surface area contributed by atoms with E-state index in [9.17, 15) is 14.0 Å². The molecule has 2 amide bonds. The van der Waals surface area contributed by atoms with Gasteiger partial charge in [0.25, 0.3) is 5.91 Å². The number of morpholine rings is 1. The molecule has 2 aromatic heterocycles. The first-order valence-electron chi connectivity index (χ1n) is 11.6. The first kappa shape index (κ1) is 23.3. The fourth-order valence-electron chi connectivity index (χ4n) is 4.55. The van der Waals surface area contributed by atoms with Gasteiger partial charge in [-0.25, -0.2) is 18.2 Å². The first-order chi connectivity index (χ1) is 16.8. The van der Waals surface area contributed by atoms with E-state index >= 15 is 8.78 Å². The van der Waals surface area contributed by atoms with E-state index in [0.29, 0.717) is 37.1 Å². The summed E-state index contributed by atoms with van der Waals surface area (Å²) in [6.45, 7) is 3.06. The zero-order valence-corrected chi connectivity index (χ0v) is 19.4. The number of fused-ring (bicyclic) bond motifs is 1. The monoisotopic (exact) mass is 486 g/mol. The zero-order chi connectivity index (χ0) is 24.9. The number of carbonyl (C=O) groups excluding carboxylic acids is 2. The molecule has 7 nitrogen and oxygen atoms in total. The van der Waals surface area contributed by atoms with E-state index in [0.717, 1.165) is 18.4 Å². The molecule has 1 aromatic carbocycles. The van der Waals surface area contributed by atoms with Gasteiger partial charge in [-0.05, 0) is 43.5 Å². The Morgan fingerprint density at radius 3 is 2.69 bits per heavy atom. The van der Waals surface area contributed by atoms with E-state index in [1.807, 2.05) is 13.0 Å². The van der Waals surface area contributed by atoms with Crippen molar-refractivity contribution in [1.29, 1.82) is 0 Å². The molecule has 1 aliphatic heterocycles. The summed E-state index contributed by atoms with van der Waals surface area (Å²) in [5.41, 5.74) is 0.312. The van der Waals surface area contributed by atoms with E-state index in [1.54, 1.807) is 21.6 Å². The van der Waals surface area contributed by atoms with E-state index in [1.165, 1.54) is 7.05 Å². The van der Waals surface area contributed by atoms with Crippen LogP contribution in [0.5, 0.6) is 0 Å². The molecule has 2 fully saturated rings. The summed E-state index contributed by atoms with van der Waals surface area (Å²) < 4.78 is 52.8. The second-order valence-corrected chi connectivity index (χ2v) is 9.08. The molecule has 1 saturated carbocycles. The zero-order valence-electron chi connectivity index (χ0n) is 19.4. The number of rotatable bonds is 5. The highest BCUT2D eigenvalue weighted by Gasteiger charge is 2.36. The number of nitrogens with zero attached hydrogens (tertiary/aromatic N) is 3. The maximum Gasteiger partial charge on any atom is 0.254 e. The van der Waals surface area contributed by atoms with Crippen molar-refractivity contribution in [1.82, 2.24) is 19.6 Å². The van der Waals surface area contributed by atoms with Crippen LogP contribution in [-0.4, -0.2) is 58.9 Å². The third kappa shape index (κ3) is 4.27. The molecule has 184 valence electrons. The summed E-state index contributed by atoms with van der Waals surface area (Å²) in [6, 6.07) is 4.26. The van der Waals surface area contributed by atoms with Gasteiger partial charge in [0.2, 0.25) is 5.91 Å². The molecule has 10 heteroatoms. The summed E-state index contributed by atoms with van der Waals surface area (Å²) in [6.07, 6.45) is 3.30. The van der Waals surface area contributed by atoms with Gasteiger partial charge in [-0.15, -0.1) is 0 Å². The van der Waals surface area contributed by atoms with E-state index in [4.69, 9.17) is 4.74 Å². The largest absolute Gasteiger partial charge is 0.374 e. The van der Waals surface area contributed by atoms with Gasteiger partial charge in [-0.2, -0.15) is 0 Å². The SMILES string of the molecule is CNC(=O)c1cc(F)c(-c2nc3cc(C)ccn3c2C[C@H]2CN(C(=O)C3CC3)CCO2)c(F)c1F. The van der Waals surface area contributed by atoms with Crippen molar-refractivity contribution in [3.05, 3.63) is 58.7 Å². The van der Waals surface area contributed by atoms with Crippen LogP contribution >= 0.6 is 0 Å². The van der Waals surface area contributed by atoms with Crippen molar-refractivity contribution < 1.29 is 27.5 Å². The van der Waals surface area contributed by atoms with Gasteiger partial charge < -0.3 is 19.4 Å². The highest BCUT2D eigenvalue weighted by Crippen LogP contribution is 2.34. The molecular formula is C25H25F3N4O3. The molecule has 1 saturated heterocycles. The first-order valence-corrected chi connectivity index (χ1v) is 11.6. The minimum absolute atomic E-state index is 0.0674. The maximum atomic E-state index is 15.2. The van der Waals surface area contributed by atoms with Crippen LogP contribution in [0, 0.1) is 30.3 Å². The van der Waals surface area contributed by atoms with Crippen molar-refractivity contribution in [2.45, 2.75) is 32.3 Å². The fraction of sp³-hybridized carbons (Fsp3) is 0.400. The summed E-state index contributed by atoms with van der Waals surface area (Å²) in [4.78, 5) is 30.7. The lowest BCUT2D eigenvalue weighted by Crippen LogP contribution is -2.47. The average molecular weight is 486 g/mol. The molecule has 1 aliphatic carbocycles. The molecule has 0 unspecified atom stereocenters. The Bertz CT molecular complexity index is 1340. The minimum Gasteiger partial charge on any atom is -0.374 e. The number of pyridine rings is 1. The van der Waals surface area contributed by atoms with Crippen molar-refractivity contribution in [2.24, 2.45) is 5.92 Å². The van der Waals surface area contributed by atoms with Crippen LogP contribution in [0.15, 0.2) is 24.4 Å². The number of benzene rings is 1. The molecule has 1 N–H and O–H groups in total. The molecule has 35 heavy (non-hydrogen) atoms. The van der Waals surface area contributed by atoms with Crippen molar-refractivity contribution in [3.8, 4) is 11.3 Å². The number of aryl methyl sites for hydroxylation is 1. The topological polar surface area (TPSA) is 75.9 Å². The lowest BCUT2D eigenvalue weighted by atomic mass is 10.0. The van der Waals surface area contributed by atoms with Crippen molar-refractivity contribution >= 4 is 17.5 Å². The minimum atomic E-state index is -1.49.